The van der Waals surface area contributed by atoms with Gasteiger partial charge in [-0.3, -0.25) is 4.79 Å². The summed E-state index contributed by atoms with van der Waals surface area (Å²) in [4.78, 5) is 62.9. The molecule has 0 aliphatic rings. The van der Waals surface area contributed by atoms with Crippen molar-refractivity contribution in [1.29, 1.82) is 0 Å². The van der Waals surface area contributed by atoms with Crippen LogP contribution in [0.25, 0.3) is 56.8 Å². The number of aliphatic hydroxyl groups excluding tert-OH is 2. The number of thioether (sulfide) groups is 2. The van der Waals surface area contributed by atoms with Gasteiger partial charge in [0.1, 0.15) is 56.5 Å². The Hall–Kier alpha value is -5.94. The number of hydrogen-bond acceptors (Lipinski definition) is 15. The summed E-state index contributed by atoms with van der Waals surface area (Å²) in [6.07, 6.45) is -0.0693. The van der Waals surface area contributed by atoms with Crippen LogP contribution < -0.4 is 5.32 Å². The number of aliphatic hydroxyl groups is 2. The van der Waals surface area contributed by atoms with Crippen LogP contribution in [-0.2, 0) is 0 Å². The van der Waals surface area contributed by atoms with Crippen LogP contribution in [0, 0.1) is 17.5 Å². The third-order valence-electron chi connectivity index (χ3n) is 9.37. The van der Waals surface area contributed by atoms with Gasteiger partial charge >= 0.3 is 0 Å². The number of nitrogens with one attached hydrogen (secondary N) is 4. The second-order valence-corrected chi connectivity index (χ2v) is 16.6. The van der Waals surface area contributed by atoms with Crippen LogP contribution in [0.2, 0.25) is 15.1 Å². The van der Waals surface area contributed by atoms with Gasteiger partial charge < -0.3 is 30.5 Å². The molecule has 0 bridgehead atoms. The molecule has 0 saturated carbocycles. The Morgan fingerprint density at radius 2 is 1.27 bits per heavy atom. The summed E-state index contributed by atoms with van der Waals surface area (Å²) < 4.78 is 43.9. The summed E-state index contributed by atoms with van der Waals surface area (Å²) in [5, 5.41) is 25.6. The molecule has 2 atom stereocenters. The number of Topliss-reactive ketones (excluding diaryl/α,β-unsaturated/α-hetero) is 1. The topological polar surface area (TPSA) is 233 Å². The summed E-state index contributed by atoms with van der Waals surface area (Å²) in [6.45, 7) is -0.201. The van der Waals surface area contributed by atoms with Gasteiger partial charge in [0.25, 0.3) is 0 Å². The van der Waals surface area contributed by atoms with E-state index < -0.39 is 35.4 Å². The quantitative estimate of drug-likeness (QED) is 0.0342. The molecule has 0 aliphatic carbocycles. The average Bonchev–Trinajstić information content (AvgIpc) is 4.03. The highest BCUT2D eigenvalue weighted by Gasteiger charge is 2.25. The maximum Gasteiger partial charge on any atom is 0.199 e. The number of carbonyl (C=O) groups is 1. The van der Waals surface area contributed by atoms with Gasteiger partial charge in [-0.1, -0.05) is 64.8 Å². The van der Waals surface area contributed by atoms with Crippen molar-refractivity contribution >= 4 is 103 Å². The molecule has 0 fully saturated rings. The van der Waals surface area contributed by atoms with Gasteiger partial charge in [-0.05, 0) is 36.4 Å². The third-order valence-corrected chi connectivity index (χ3v) is 12.4. The van der Waals surface area contributed by atoms with E-state index in [0.717, 1.165) is 29.6 Å². The van der Waals surface area contributed by atoms with Crippen LogP contribution in [0.4, 0.5) is 19.0 Å². The Bertz CT molecular complexity index is 3170. The van der Waals surface area contributed by atoms with E-state index in [4.69, 9.17) is 39.8 Å². The van der Waals surface area contributed by atoms with Crippen LogP contribution in [0.5, 0.6) is 0 Å². The molecule has 6 aromatic heterocycles. The molecular formula is C39H25Cl3F3N13O3S2. The molecule has 24 heteroatoms. The predicted octanol–water partition coefficient (Wildman–Crippen LogP) is 8.34. The minimum absolute atomic E-state index is 0.0166. The summed E-state index contributed by atoms with van der Waals surface area (Å²) >= 11 is 20.6. The van der Waals surface area contributed by atoms with Gasteiger partial charge in [-0.2, -0.15) is 0 Å². The molecule has 2 unspecified atom stereocenters. The first-order valence-electron chi connectivity index (χ1n) is 18.3. The lowest BCUT2D eigenvalue weighted by molar-refractivity contribution is 0.101. The first kappa shape index (κ1) is 42.4. The number of carbonyl (C=O) groups excluding carboxylic acids is 1. The molecule has 16 nitrogen and oxygen atoms in total. The average molecular weight is 951 g/mol. The minimum atomic E-state index is -1.36. The standard InChI is InChI=1S/C39H25Cl3F3N13O3S2/c40-15-4-1-7-18(43)24(15)21(59)10-46-30-27-31(48-13-47-27)54-36(53-30)34-52-29-33(56-34)57-37(58-39(29)63-12-23(61)26-17(42)6-3-9-20(26)45)35-51-28-32(55-35)49-14-50-38(28)62-11-22(60)25-16(41)5-2-8-19(25)44/h1-9,13-14,21,23,59,61H,10-12H2,(H,49,50,51,55)(H,52,56,57,58)(H2,46,47,48,53,54). The number of H-pyrrole nitrogens is 3. The maximum absolute atomic E-state index is 14.8. The van der Waals surface area contributed by atoms with E-state index in [1.807, 2.05) is 0 Å². The van der Waals surface area contributed by atoms with Crippen LogP contribution >= 0.6 is 58.3 Å². The highest BCUT2D eigenvalue weighted by Crippen LogP contribution is 2.35. The van der Waals surface area contributed by atoms with Gasteiger partial charge in [0.05, 0.1) is 28.8 Å². The Morgan fingerprint density at radius 1 is 0.667 bits per heavy atom. The van der Waals surface area contributed by atoms with Crippen molar-refractivity contribution in [1.82, 2.24) is 59.8 Å². The van der Waals surface area contributed by atoms with Crippen molar-refractivity contribution in [3.8, 4) is 23.3 Å². The Balaban J connectivity index is 1.07. The minimum Gasteiger partial charge on any atom is -0.387 e. The lowest BCUT2D eigenvalue weighted by Gasteiger charge is -2.15. The number of benzene rings is 3. The fraction of sp³-hybridized carbons (Fsp3) is 0.128. The molecule has 0 aliphatic heterocycles. The van der Waals surface area contributed by atoms with Crippen molar-refractivity contribution in [3.63, 3.8) is 0 Å². The van der Waals surface area contributed by atoms with Crippen molar-refractivity contribution in [2.24, 2.45) is 0 Å². The van der Waals surface area contributed by atoms with E-state index in [1.54, 1.807) is 0 Å². The number of imidazole rings is 3. The zero-order valence-electron chi connectivity index (χ0n) is 31.5. The molecule has 6 N–H and O–H groups in total. The Kier molecular flexibility index (Phi) is 11.9. The smallest absolute Gasteiger partial charge is 0.199 e. The number of anilines is 1. The predicted molar refractivity (Wildman–Crippen MR) is 231 cm³/mol. The zero-order chi connectivity index (χ0) is 43.9. The van der Waals surface area contributed by atoms with E-state index in [1.165, 1.54) is 61.2 Å². The Morgan fingerprint density at radius 3 is 1.97 bits per heavy atom. The fourth-order valence-corrected chi connectivity index (χ4v) is 9.03. The van der Waals surface area contributed by atoms with Gasteiger partial charge in [0.15, 0.2) is 51.8 Å². The number of nitrogens with zero attached hydrogens (tertiary/aromatic N) is 9. The highest BCUT2D eigenvalue weighted by molar-refractivity contribution is 8.00. The summed E-state index contributed by atoms with van der Waals surface area (Å²) in [5.41, 5.74) is 1.11. The zero-order valence-corrected chi connectivity index (χ0v) is 35.4. The van der Waals surface area contributed by atoms with E-state index in [2.05, 4.69) is 60.1 Å². The first-order chi connectivity index (χ1) is 30.4. The van der Waals surface area contributed by atoms with E-state index >= 15 is 0 Å². The van der Waals surface area contributed by atoms with Crippen LogP contribution in [0.3, 0.4) is 0 Å². The number of aromatic amines is 3. The number of fused-ring (bicyclic) bond motifs is 3. The molecule has 9 aromatic rings. The van der Waals surface area contributed by atoms with Gasteiger partial charge in [-0.15, -0.1) is 11.8 Å². The molecule has 0 radical (unpaired) electrons. The van der Waals surface area contributed by atoms with Crippen molar-refractivity contribution < 1.29 is 28.2 Å². The van der Waals surface area contributed by atoms with E-state index in [9.17, 15) is 28.2 Å². The number of rotatable bonds is 14. The summed E-state index contributed by atoms with van der Waals surface area (Å²) in [5.74, 6) is -2.51. The van der Waals surface area contributed by atoms with E-state index in [-0.39, 0.29) is 106 Å². The number of halogens is 6. The maximum atomic E-state index is 14.8. The largest absolute Gasteiger partial charge is 0.387 e. The monoisotopic (exact) mass is 949 g/mol. The second kappa shape index (κ2) is 17.7. The normalized spacial score (nSPS) is 12.7. The van der Waals surface area contributed by atoms with Gasteiger partial charge in [-0.25, -0.2) is 58.0 Å². The number of aromatic nitrogens is 12. The van der Waals surface area contributed by atoms with Crippen molar-refractivity contribution in [3.05, 3.63) is 116 Å². The lowest BCUT2D eigenvalue weighted by Crippen LogP contribution is -2.15. The van der Waals surface area contributed by atoms with Crippen LogP contribution in [0.15, 0.2) is 77.3 Å². The van der Waals surface area contributed by atoms with Gasteiger partial charge in [0, 0.05) is 33.5 Å². The van der Waals surface area contributed by atoms with Gasteiger partial charge in [0.2, 0.25) is 0 Å². The summed E-state index contributed by atoms with van der Waals surface area (Å²) in [6, 6.07) is 12.1. The molecular weight excluding hydrogens is 926 g/mol. The third kappa shape index (κ3) is 8.47. The number of hydrogen-bond donors (Lipinski definition) is 6. The molecule has 0 amide bonds. The molecule has 63 heavy (non-hydrogen) atoms. The molecule has 3 aromatic carbocycles. The molecule has 318 valence electrons. The first-order valence-corrected chi connectivity index (χ1v) is 21.4. The second-order valence-electron chi connectivity index (χ2n) is 13.4. The number of ketones is 1. The molecule has 0 saturated heterocycles. The van der Waals surface area contributed by atoms with Crippen molar-refractivity contribution in [2.75, 3.05) is 23.4 Å². The fourth-order valence-electron chi connectivity index (χ4n) is 6.44. The van der Waals surface area contributed by atoms with Crippen LogP contribution in [-0.4, -0.2) is 93.9 Å². The SMILES string of the molecule is O=C(CSc1ncnc2nc(-c3nc(SCC(O)c4c(F)cccc4Cl)c4[nH]c(-c5nc(NCC(O)c6c(F)cccc6Cl)c6[nH]cnc6n5)nc4n3)[nH]c12)c1c(F)cccc1Cl. The molecule has 9 rings (SSSR count). The van der Waals surface area contributed by atoms with E-state index in [0.29, 0.717) is 16.1 Å². The highest BCUT2D eigenvalue weighted by atomic mass is 35.5. The summed E-state index contributed by atoms with van der Waals surface area (Å²) in [7, 11) is 0. The lowest BCUT2D eigenvalue weighted by atomic mass is 10.1. The molecule has 6 heterocycles. The Labute approximate surface area is 375 Å². The van der Waals surface area contributed by atoms with Crippen LogP contribution in [0.1, 0.15) is 33.7 Å². The molecule has 0 spiro atoms. The van der Waals surface area contributed by atoms with Crippen molar-refractivity contribution in [2.45, 2.75) is 22.3 Å².